The Labute approximate surface area is 113 Å². The van der Waals surface area contributed by atoms with Crippen LogP contribution in [0.25, 0.3) is 10.9 Å². The van der Waals surface area contributed by atoms with Crippen molar-refractivity contribution in [2.75, 3.05) is 13.1 Å². The van der Waals surface area contributed by atoms with Gasteiger partial charge in [-0.05, 0) is 56.6 Å². The zero-order valence-electron chi connectivity index (χ0n) is 11.3. The first-order chi connectivity index (χ1) is 9.29. The molecular weight excluding hydrogens is 234 g/mol. The molecule has 0 bridgehead atoms. The fourth-order valence-electron chi connectivity index (χ4n) is 3.06. The second-order valence-electron chi connectivity index (χ2n) is 5.39. The zero-order valence-corrected chi connectivity index (χ0v) is 11.3. The maximum Gasteiger partial charge on any atom is 0.0991 e. The van der Waals surface area contributed by atoms with Crippen LogP contribution >= 0.6 is 0 Å². The molecule has 1 aliphatic heterocycles. The Morgan fingerprint density at radius 1 is 1.26 bits per heavy atom. The van der Waals surface area contributed by atoms with Gasteiger partial charge in [-0.3, -0.25) is 4.90 Å². The van der Waals surface area contributed by atoms with Crippen molar-refractivity contribution in [2.24, 2.45) is 0 Å². The van der Waals surface area contributed by atoms with Crippen molar-refractivity contribution < 1.29 is 0 Å². The van der Waals surface area contributed by atoms with E-state index in [1.807, 2.05) is 18.2 Å². The predicted molar refractivity (Wildman–Crippen MR) is 76.9 cm³/mol. The molecule has 2 heterocycles. The topological polar surface area (TPSA) is 42.8 Å². The van der Waals surface area contributed by atoms with Gasteiger partial charge in [0.25, 0.3) is 0 Å². The number of nitriles is 1. The van der Waals surface area contributed by atoms with E-state index in [1.165, 1.54) is 43.3 Å². The van der Waals surface area contributed by atoms with Crippen LogP contribution in [0.2, 0.25) is 0 Å². The molecule has 0 amide bonds. The first kappa shape index (κ1) is 12.3. The van der Waals surface area contributed by atoms with Crippen molar-refractivity contribution >= 4 is 10.9 Å². The molecule has 1 aromatic heterocycles. The maximum atomic E-state index is 9.04. The molecule has 2 aromatic rings. The Balaban J connectivity index is 1.97. The number of likely N-dealkylation sites (tertiary alicyclic amines) is 1. The lowest BCUT2D eigenvalue weighted by molar-refractivity contribution is 0.176. The summed E-state index contributed by atoms with van der Waals surface area (Å²) in [4.78, 5) is 5.87. The fourth-order valence-corrected chi connectivity index (χ4v) is 3.06. The number of nitrogens with one attached hydrogen (secondary N) is 1. The van der Waals surface area contributed by atoms with E-state index in [0.717, 1.165) is 11.1 Å². The van der Waals surface area contributed by atoms with Gasteiger partial charge in [0.1, 0.15) is 0 Å². The SMILES string of the molecule is CC(c1c[nH]c2ccc(C#N)cc12)N1CCCCC1. The third-order valence-corrected chi connectivity index (χ3v) is 4.23. The molecule has 0 radical (unpaired) electrons. The van der Waals surface area contributed by atoms with Crippen molar-refractivity contribution in [3.63, 3.8) is 0 Å². The second kappa shape index (κ2) is 5.07. The van der Waals surface area contributed by atoms with Crippen LogP contribution in [0.4, 0.5) is 0 Å². The van der Waals surface area contributed by atoms with Crippen LogP contribution in [0.1, 0.15) is 43.4 Å². The van der Waals surface area contributed by atoms with Crippen molar-refractivity contribution in [1.82, 2.24) is 9.88 Å². The van der Waals surface area contributed by atoms with E-state index in [0.29, 0.717) is 6.04 Å². The molecule has 1 atom stereocenters. The van der Waals surface area contributed by atoms with E-state index in [1.54, 1.807) is 0 Å². The van der Waals surface area contributed by atoms with Gasteiger partial charge in [0.2, 0.25) is 0 Å². The monoisotopic (exact) mass is 253 g/mol. The largest absolute Gasteiger partial charge is 0.361 e. The van der Waals surface area contributed by atoms with Gasteiger partial charge in [-0.15, -0.1) is 0 Å². The van der Waals surface area contributed by atoms with Gasteiger partial charge < -0.3 is 4.98 Å². The summed E-state index contributed by atoms with van der Waals surface area (Å²) in [6.45, 7) is 4.64. The van der Waals surface area contributed by atoms with E-state index < -0.39 is 0 Å². The van der Waals surface area contributed by atoms with Gasteiger partial charge in [-0.25, -0.2) is 0 Å². The minimum Gasteiger partial charge on any atom is -0.361 e. The maximum absolute atomic E-state index is 9.04. The molecule has 3 heteroatoms. The lowest BCUT2D eigenvalue weighted by Crippen LogP contribution is -2.32. The summed E-state index contributed by atoms with van der Waals surface area (Å²) in [7, 11) is 0. The molecule has 1 aromatic carbocycles. The Kier molecular flexibility index (Phi) is 3.27. The predicted octanol–water partition coefficient (Wildman–Crippen LogP) is 3.59. The molecule has 1 N–H and O–H groups in total. The van der Waals surface area contributed by atoms with Crippen LogP contribution in [-0.4, -0.2) is 23.0 Å². The average Bonchev–Trinajstić information content (AvgIpc) is 2.90. The highest BCUT2D eigenvalue weighted by atomic mass is 15.2. The highest BCUT2D eigenvalue weighted by molar-refractivity contribution is 5.85. The lowest BCUT2D eigenvalue weighted by Gasteiger charge is -2.32. The van der Waals surface area contributed by atoms with Gasteiger partial charge in [0.15, 0.2) is 0 Å². The van der Waals surface area contributed by atoms with E-state index in [-0.39, 0.29) is 0 Å². The first-order valence-electron chi connectivity index (χ1n) is 7.05. The summed E-state index contributed by atoms with van der Waals surface area (Å²) in [6, 6.07) is 8.52. The van der Waals surface area contributed by atoms with Gasteiger partial charge in [0.05, 0.1) is 11.6 Å². The quantitative estimate of drug-likeness (QED) is 0.888. The molecule has 0 saturated carbocycles. The molecule has 0 aliphatic carbocycles. The summed E-state index contributed by atoms with van der Waals surface area (Å²) in [5.74, 6) is 0. The highest BCUT2D eigenvalue weighted by Crippen LogP contribution is 2.30. The third-order valence-electron chi connectivity index (χ3n) is 4.23. The molecule has 0 spiro atoms. The number of fused-ring (bicyclic) bond motifs is 1. The summed E-state index contributed by atoms with van der Waals surface area (Å²) >= 11 is 0. The van der Waals surface area contributed by atoms with Crippen LogP contribution < -0.4 is 0 Å². The van der Waals surface area contributed by atoms with Gasteiger partial charge >= 0.3 is 0 Å². The van der Waals surface area contributed by atoms with Crippen molar-refractivity contribution in [3.05, 3.63) is 35.5 Å². The summed E-state index contributed by atoms with van der Waals surface area (Å²) in [5, 5.41) is 10.2. The minimum absolute atomic E-state index is 0.419. The Hall–Kier alpha value is -1.79. The number of hydrogen-bond acceptors (Lipinski definition) is 2. The Bertz CT molecular complexity index is 614. The van der Waals surface area contributed by atoms with Crippen molar-refractivity contribution in [1.29, 1.82) is 5.26 Å². The van der Waals surface area contributed by atoms with Crippen LogP contribution in [0.5, 0.6) is 0 Å². The summed E-state index contributed by atoms with van der Waals surface area (Å²) in [5.41, 5.74) is 3.17. The highest BCUT2D eigenvalue weighted by Gasteiger charge is 2.20. The summed E-state index contributed by atoms with van der Waals surface area (Å²) < 4.78 is 0. The molecule has 1 fully saturated rings. The molecule has 1 saturated heterocycles. The van der Waals surface area contributed by atoms with Gasteiger partial charge in [-0.2, -0.15) is 5.26 Å². The second-order valence-corrected chi connectivity index (χ2v) is 5.39. The number of aromatic amines is 1. The minimum atomic E-state index is 0.419. The molecule has 98 valence electrons. The van der Waals surface area contributed by atoms with Crippen LogP contribution in [0, 0.1) is 11.3 Å². The van der Waals surface area contributed by atoms with E-state index in [4.69, 9.17) is 5.26 Å². The molecule has 1 unspecified atom stereocenters. The van der Waals surface area contributed by atoms with Crippen LogP contribution in [-0.2, 0) is 0 Å². The number of H-pyrrole nitrogens is 1. The number of aromatic nitrogens is 1. The molecule has 1 aliphatic rings. The molecule has 19 heavy (non-hydrogen) atoms. The Morgan fingerprint density at radius 3 is 2.79 bits per heavy atom. The first-order valence-corrected chi connectivity index (χ1v) is 7.05. The van der Waals surface area contributed by atoms with Crippen molar-refractivity contribution in [2.45, 2.75) is 32.2 Å². The number of nitrogens with zero attached hydrogens (tertiary/aromatic N) is 2. The normalized spacial score (nSPS) is 18.3. The number of piperidine rings is 1. The third kappa shape index (κ3) is 2.24. The standard InChI is InChI=1S/C16H19N3/c1-12(19-7-3-2-4-8-19)15-11-18-16-6-5-13(10-17)9-14(15)16/h5-6,9,11-12,18H,2-4,7-8H2,1H3. The molecular formula is C16H19N3. The van der Waals surface area contributed by atoms with Gasteiger partial charge in [-0.1, -0.05) is 6.42 Å². The number of rotatable bonds is 2. The van der Waals surface area contributed by atoms with Crippen LogP contribution in [0.3, 0.4) is 0 Å². The summed E-state index contributed by atoms with van der Waals surface area (Å²) in [6.07, 6.45) is 6.06. The zero-order chi connectivity index (χ0) is 13.2. The smallest absolute Gasteiger partial charge is 0.0991 e. The Morgan fingerprint density at radius 2 is 2.05 bits per heavy atom. The van der Waals surface area contributed by atoms with E-state index in [9.17, 15) is 0 Å². The fraction of sp³-hybridized carbons (Fsp3) is 0.438. The lowest BCUT2D eigenvalue weighted by atomic mass is 10.0. The van der Waals surface area contributed by atoms with Gasteiger partial charge in [0, 0.05) is 23.1 Å². The number of hydrogen-bond donors (Lipinski definition) is 1. The van der Waals surface area contributed by atoms with Crippen molar-refractivity contribution in [3.8, 4) is 6.07 Å². The average molecular weight is 253 g/mol. The van der Waals surface area contributed by atoms with E-state index in [2.05, 4.69) is 29.1 Å². The van der Waals surface area contributed by atoms with E-state index >= 15 is 0 Å². The molecule has 3 nitrogen and oxygen atoms in total. The van der Waals surface area contributed by atoms with Crippen LogP contribution in [0.15, 0.2) is 24.4 Å². The number of benzene rings is 1. The molecule has 3 rings (SSSR count).